The number of halogens is 1. The highest BCUT2D eigenvalue weighted by Gasteiger charge is 2.40. The van der Waals surface area contributed by atoms with Gasteiger partial charge in [-0.15, -0.1) is 11.6 Å². The molecule has 2 heterocycles. The van der Waals surface area contributed by atoms with Crippen LogP contribution in [0.3, 0.4) is 0 Å². The molecule has 0 N–H and O–H groups in total. The molecule has 104 valence electrons. The number of imidazole rings is 1. The maximum atomic E-state index is 6.09. The normalized spacial score (nSPS) is 22.3. The molecule has 2 atom stereocenters. The van der Waals surface area contributed by atoms with Gasteiger partial charge in [0.25, 0.3) is 0 Å². The van der Waals surface area contributed by atoms with Crippen molar-refractivity contribution in [2.75, 3.05) is 0 Å². The van der Waals surface area contributed by atoms with E-state index in [1.54, 1.807) is 0 Å². The van der Waals surface area contributed by atoms with Crippen LogP contribution in [-0.2, 0) is 19.3 Å². The number of fused-ring (bicyclic) bond motifs is 1. The van der Waals surface area contributed by atoms with Crippen molar-refractivity contribution in [3.63, 3.8) is 0 Å². The molecule has 0 amide bonds. The van der Waals surface area contributed by atoms with Gasteiger partial charge >= 0.3 is 0 Å². The van der Waals surface area contributed by atoms with Crippen molar-refractivity contribution >= 4 is 22.8 Å². The van der Waals surface area contributed by atoms with Gasteiger partial charge in [-0.1, -0.05) is 20.3 Å². The summed E-state index contributed by atoms with van der Waals surface area (Å²) in [4.78, 5) is 4.73. The Bertz CT molecular complexity index is 598. The highest BCUT2D eigenvalue weighted by molar-refractivity contribution is 6.16. The molecule has 0 spiro atoms. The Kier molecular flexibility index (Phi) is 3.29. The van der Waals surface area contributed by atoms with Crippen molar-refractivity contribution < 1.29 is 0 Å². The molecule has 1 fully saturated rings. The highest BCUT2D eigenvalue weighted by atomic mass is 35.5. The number of rotatable bonds is 5. The summed E-state index contributed by atoms with van der Waals surface area (Å²) in [6.07, 6.45) is 4.72. The summed E-state index contributed by atoms with van der Waals surface area (Å²) in [5.41, 5.74) is 3.27. The van der Waals surface area contributed by atoms with E-state index in [2.05, 4.69) is 23.5 Å². The Balaban J connectivity index is 2.09. The SMILES string of the molecule is CCCC1CC1n1c(CCl)nc2c(CC)nn(C)c21. The van der Waals surface area contributed by atoms with Gasteiger partial charge in [0.1, 0.15) is 11.3 Å². The van der Waals surface area contributed by atoms with Crippen LogP contribution >= 0.6 is 11.6 Å². The van der Waals surface area contributed by atoms with Crippen LogP contribution in [0.15, 0.2) is 0 Å². The Morgan fingerprint density at radius 2 is 2.16 bits per heavy atom. The highest BCUT2D eigenvalue weighted by Crippen LogP contribution is 2.48. The molecule has 0 aliphatic heterocycles. The van der Waals surface area contributed by atoms with Gasteiger partial charge in [-0.2, -0.15) is 5.10 Å². The summed E-state index contributed by atoms with van der Waals surface area (Å²) in [5.74, 6) is 2.28. The third-order valence-electron chi connectivity index (χ3n) is 4.14. The van der Waals surface area contributed by atoms with Crippen LogP contribution in [0.2, 0.25) is 0 Å². The van der Waals surface area contributed by atoms with E-state index >= 15 is 0 Å². The summed E-state index contributed by atoms with van der Waals surface area (Å²) in [6.45, 7) is 4.37. The Labute approximate surface area is 118 Å². The molecule has 0 aromatic carbocycles. The van der Waals surface area contributed by atoms with E-state index in [0.29, 0.717) is 11.9 Å². The van der Waals surface area contributed by atoms with Crippen LogP contribution in [0, 0.1) is 5.92 Å². The molecule has 1 saturated carbocycles. The van der Waals surface area contributed by atoms with Gasteiger partial charge in [0.05, 0.1) is 11.6 Å². The monoisotopic (exact) mass is 280 g/mol. The van der Waals surface area contributed by atoms with Gasteiger partial charge in [-0.05, 0) is 25.2 Å². The van der Waals surface area contributed by atoms with Crippen LogP contribution in [-0.4, -0.2) is 19.3 Å². The molecular formula is C14H21ClN4. The minimum atomic E-state index is 0.479. The lowest BCUT2D eigenvalue weighted by Crippen LogP contribution is -2.06. The fraction of sp³-hybridized carbons (Fsp3) is 0.714. The molecule has 2 aromatic heterocycles. The average molecular weight is 281 g/mol. The van der Waals surface area contributed by atoms with Crippen molar-refractivity contribution in [1.82, 2.24) is 19.3 Å². The number of aromatic nitrogens is 4. The number of nitrogens with zero attached hydrogens (tertiary/aromatic N) is 4. The lowest BCUT2D eigenvalue weighted by Gasteiger charge is -2.07. The van der Waals surface area contributed by atoms with E-state index in [0.717, 1.165) is 35.0 Å². The van der Waals surface area contributed by atoms with Crippen molar-refractivity contribution in [3.8, 4) is 0 Å². The van der Waals surface area contributed by atoms with Crippen molar-refractivity contribution in [1.29, 1.82) is 0 Å². The van der Waals surface area contributed by atoms with Crippen LogP contribution in [0.25, 0.3) is 11.2 Å². The number of hydrogen-bond donors (Lipinski definition) is 0. The van der Waals surface area contributed by atoms with E-state index in [4.69, 9.17) is 16.6 Å². The standard InChI is InChI=1S/C14H21ClN4/c1-4-6-9-7-11(9)19-12(8-15)16-13-10(5-2)17-18(3)14(13)19/h9,11H,4-8H2,1-3H3. The largest absolute Gasteiger partial charge is 0.308 e. The van der Waals surface area contributed by atoms with Crippen LogP contribution in [0.1, 0.15) is 50.7 Å². The summed E-state index contributed by atoms with van der Waals surface area (Å²) >= 11 is 6.09. The first-order chi connectivity index (χ1) is 9.21. The molecule has 1 aliphatic rings. The molecule has 0 radical (unpaired) electrons. The predicted octanol–water partition coefficient (Wildman–Crippen LogP) is 3.43. The quantitative estimate of drug-likeness (QED) is 0.787. The van der Waals surface area contributed by atoms with Crippen LogP contribution in [0.4, 0.5) is 0 Å². The maximum absolute atomic E-state index is 6.09. The molecule has 2 unspecified atom stereocenters. The first-order valence-corrected chi connectivity index (χ1v) is 7.73. The van der Waals surface area contributed by atoms with E-state index in [1.807, 2.05) is 11.7 Å². The number of alkyl halides is 1. The second-order valence-corrected chi connectivity index (χ2v) is 5.75. The second-order valence-electron chi connectivity index (χ2n) is 5.48. The third-order valence-corrected chi connectivity index (χ3v) is 4.38. The van der Waals surface area contributed by atoms with Crippen molar-refractivity contribution in [2.24, 2.45) is 13.0 Å². The van der Waals surface area contributed by atoms with E-state index in [9.17, 15) is 0 Å². The molecule has 1 aliphatic carbocycles. The summed E-state index contributed by atoms with van der Waals surface area (Å²) in [6, 6.07) is 0.582. The summed E-state index contributed by atoms with van der Waals surface area (Å²) < 4.78 is 4.31. The second kappa shape index (κ2) is 4.82. The Morgan fingerprint density at radius 3 is 2.79 bits per heavy atom. The van der Waals surface area contributed by atoms with Gasteiger partial charge in [-0.3, -0.25) is 4.68 Å². The van der Waals surface area contributed by atoms with E-state index < -0.39 is 0 Å². The zero-order chi connectivity index (χ0) is 13.6. The molecular weight excluding hydrogens is 260 g/mol. The molecule has 2 aromatic rings. The molecule has 5 heteroatoms. The minimum Gasteiger partial charge on any atom is -0.308 e. The van der Waals surface area contributed by atoms with Gasteiger partial charge in [0.15, 0.2) is 5.65 Å². The van der Waals surface area contributed by atoms with Gasteiger partial charge in [0.2, 0.25) is 0 Å². The molecule has 0 bridgehead atoms. The molecule has 3 rings (SSSR count). The van der Waals surface area contributed by atoms with Crippen LogP contribution in [0.5, 0.6) is 0 Å². The Hall–Kier alpha value is -1.03. The van der Waals surface area contributed by atoms with Crippen LogP contribution < -0.4 is 0 Å². The lowest BCUT2D eigenvalue weighted by molar-refractivity contribution is 0.591. The van der Waals surface area contributed by atoms with Crippen molar-refractivity contribution in [3.05, 3.63) is 11.5 Å². The van der Waals surface area contributed by atoms with Gasteiger partial charge in [0, 0.05) is 13.1 Å². The predicted molar refractivity (Wildman–Crippen MR) is 77.5 cm³/mol. The van der Waals surface area contributed by atoms with Gasteiger partial charge < -0.3 is 4.57 Å². The van der Waals surface area contributed by atoms with Crippen molar-refractivity contribution in [2.45, 2.75) is 51.5 Å². The molecule has 4 nitrogen and oxygen atoms in total. The fourth-order valence-electron chi connectivity index (χ4n) is 3.16. The fourth-order valence-corrected chi connectivity index (χ4v) is 3.35. The van der Waals surface area contributed by atoms with E-state index in [1.165, 1.54) is 19.3 Å². The zero-order valence-electron chi connectivity index (χ0n) is 11.9. The number of aryl methyl sites for hydroxylation is 2. The minimum absolute atomic E-state index is 0.479. The summed E-state index contributed by atoms with van der Waals surface area (Å²) in [7, 11) is 2.01. The first kappa shape index (κ1) is 13.0. The lowest BCUT2D eigenvalue weighted by atomic mass is 10.2. The number of hydrogen-bond acceptors (Lipinski definition) is 2. The smallest absolute Gasteiger partial charge is 0.158 e. The average Bonchev–Trinajstić information content (AvgIpc) is 2.94. The third kappa shape index (κ3) is 1.97. The first-order valence-electron chi connectivity index (χ1n) is 7.19. The zero-order valence-corrected chi connectivity index (χ0v) is 12.6. The maximum Gasteiger partial charge on any atom is 0.158 e. The van der Waals surface area contributed by atoms with Gasteiger partial charge in [-0.25, -0.2) is 4.98 Å². The topological polar surface area (TPSA) is 35.6 Å². The van der Waals surface area contributed by atoms with E-state index in [-0.39, 0.29) is 0 Å². The molecule has 19 heavy (non-hydrogen) atoms. The Morgan fingerprint density at radius 1 is 1.37 bits per heavy atom. The molecule has 0 saturated heterocycles. The summed E-state index contributed by atoms with van der Waals surface area (Å²) in [5, 5.41) is 4.58.